The number of carbonyl (C=O) groups is 3. The van der Waals surface area contributed by atoms with Gasteiger partial charge in [0.2, 0.25) is 0 Å². The zero-order chi connectivity index (χ0) is 22.0. The van der Waals surface area contributed by atoms with Gasteiger partial charge in [0.25, 0.3) is 11.8 Å². The van der Waals surface area contributed by atoms with Crippen LogP contribution in [-0.2, 0) is 14.4 Å². The van der Waals surface area contributed by atoms with E-state index in [1.54, 1.807) is 24.3 Å². The molecule has 8 heteroatoms. The molecule has 2 aromatic carbocycles. The Labute approximate surface area is 179 Å². The van der Waals surface area contributed by atoms with Gasteiger partial charge in [0.05, 0.1) is 5.69 Å². The zero-order valence-corrected chi connectivity index (χ0v) is 17.4. The molecule has 2 amide bonds. The Morgan fingerprint density at radius 2 is 1.73 bits per heavy atom. The average Bonchev–Trinajstić information content (AvgIpc) is 2.65. The van der Waals surface area contributed by atoms with Gasteiger partial charge in [-0.25, -0.2) is 4.79 Å². The number of anilines is 1. The van der Waals surface area contributed by atoms with E-state index >= 15 is 0 Å². The molecular formula is C22H20N2O5S. The number of aryl methyl sites for hydroxylation is 2. The molecular weight excluding hydrogens is 404 g/mol. The summed E-state index contributed by atoms with van der Waals surface area (Å²) >= 11 is 5.23. The molecule has 30 heavy (non-hydrogen) atoms. The van der Waals surface area contributed by atoms with E-state index in [9.17, 15) is 14.4 Å². The third-order valence-electron chi connectivity index (χ3n) is 4.42. The molecule has 1 aliphatic heterocycles. The lowest BCUT2D eigenvalue weighted by atomic mass is 10.1. The van der Waals surface area contributed by atoms with Crippen molar-refractivity contribution in [1.82, 2.24) is 5.32 Å². The number of ether oxygens (including phenoxy) is 1. The van der Waals surface area contributed by atoms with Crippen molar-refractivity contribution < 1.29 is 24.2 Å². The Balaban J connectivity index is 1.90. The van der Waals surface area contributed by atoms with Gasteiger partial charge >= 0.3 is 5.97 Å². The Morgan fingerprint density at radius 1 is 1.13 bits per heavy atom. The number of nitrogens with zero attached hydrogens (tertiary/aromatic N) is 1. The maximum atomic E-state index is 13.1. The van der Waals surface area contributed by atoms with Gasteiger partial charge < -0.3 is 9.84 Å². The summed E-state index contributed by atoms with van der Waals surface area (Å²) in [5.74, 6) is -1.81. The van der Waals surface area contributed by atoms with E-state index in [1.807, 2.05) is 32.0 Å². The van der Waals surface area contributed by atoms with Gasteiger partial charge in [-0.3, -0.25) is 19.8 Å². The van der Waals surface area contributed by atoms with Crippen LogP contribution < -0.4 is 15.0 Å². The second kappa shape index (κ2) is 8.46. The smallest absolute Gasteiger partial charge is 0.344 e. The Morgan fingerprint density at radius 3 is 2.30 bits per heavy atom. The van der Waals surface area contributed by atoms with Crippen molar-refractivity contribution in [1.29, 1.82) is 0 Å². The monoisotopic (exact) mass is 424 g/mol. The number of benzene rings is 2. The second-order valence-corrected chi connectivity index (χ2v) is 7.36. The van der Waals surface area contributed by atoms with Crippen LogP contribution in [0.1, 0.15) is 23.6 Å². The summed E-state index contributed by atoms with van der Waals surface area (Å²) in [6.45, 7) is 5.25. The van der Waals surface area contributed by atoms with E-state index in [-0.39, 0.29) is 10.7 Å². The maximum Gasteiger partial charge on any atom is 0.344 e. The fourth-order valence-electron chi connectivity index (χ4n) is 3.04. The number of carboxylic acids is 1. The summed E-state index contributed by atoms with van der Waals surface area (Å²) in [6.07, 6.45) is 0.465. The van der Waals surface area contributed by atoms with E-state index in [4.69, 9.17) is 22.1 Å². The van der Waals surface area contributed by atoms with Crippen molar-refractivity contribution in [3.8, 4) is 5.75 Å². The SMILES string of the molecule is Cc1cc(C)cc(N2C(=O)/C(=C\c3ccc(O[C@H](C)C(=O)O)cc3)C(=O)NC2=S)c1. The van der Waals surface area contributed by atoms with Crippen molar-refractivity contribution in [3.63, 3.8) is 0 Å². The molecule has 0 radical (unpaired) electrons. The van der Waals surface area contributed by atoms with Crippen LogP contribution in [0, 0.1) is 13.8 Å². The van der Waals surface area contributed by atoms with Crippen LogP contribution >= 0.6 is 12.2 Å². The Bertz CT molecular complexity index is 1060. The first kappa shape index (κ1) is 21.2. The van der Waals surface area contributed by atoms with Crippen LogP contribution in [0.15, 0.2) is 48.0 Å². The Kier molecular flexibility index (Phi) is 5.98. The minimum atomic E-state index is -1.08. The maximum absolute atomic E-state index is 13.1. The zero-order valence-electron chi connectivity index (χ0n) is 16.6. The molecule has 7 nitrogen and oxygen atoms in total. The number of rotatable bonds is 5. The van der Waals surface area contributed by atoms with Gasteiger partial charge in [-0.2, -0.15) is 0 Å². The van der Waals surface area contributed by atoms with Crippen molar-refractivity contribution in [2.75, 3.05) is 4.90 Å². The van der Waals surface area contributed by atoms with Crippen LogP contribution in [0.25, 0.3) is 6.08 Å². The molecule has 0 aliphatic carbocycles. The van der Waals surface area contributed by atoms with Crippen molar-refractivity contribution >= 4 is 46.9 Å². The number of hydrogen-bond donors (Lipinski definition) is 2. The summed E-state index contributed by atoms with van der Waals surface area (Å²) in [7, 11) is 0. The first-order valence-corrected chi connectivity index (χ1v) is 9.56. The van der Waals surface area contributed by atoms with Gasteiger partial charge in [-0.15, -0.1) is 0 Å². The van der Waals surface area contributed by atoms with Gasteiger partial charge in [0, 0.05) is 0 Å². The van der Waals surface area contributed by atoms with Gasteiger partial charge in [0.1, 0.15) is 11.3 Å². The number of thiocarbonyl (C=S) groups is 1. The molecule has 1 atom stereocenters. The van der Waals surface area contributed by atoms with Crippen LogP contribution in [-0.4, -0.2) is 34.1 Å². The third-order valence-corrected chi connectivity index (χ3v) is 4.70. The molecule has 1 fully saturated rings. The fraction of sp³-hybridized carbons (Fsp3) is 0.182. The number of aliphatic carboxylic acids is 1. The molecule has 0 saturated carbocycles. The standard InChI is InChI=1S/C22H20N2O5S/c1-12-8-13(2)10-16(9-12)24-20(26)18(19(25)23-22(24)30)11-15-4-6-17(7-5-15)29-14(3)21(27)28/h4-11,14H,1-3H3,(H,27,28)(H,23,25,30)/b18-11-/t14-/m1/s1. The molecule has 2 N–H and O–H groups in total. The highest BCUT2D eigenvalue weighted by Gasteiger charge is 2.34. The summed E-state index contributed by atoms with van der Waals surface area (Å²) in [4.78, 5) is 37.7. The van der Waals surface area contributed by atoms with Crippen LogP contribution in [0.5, 0.6) is 5.75 Å². The minimum Gasteiger partial charge on any atom is -0.479 e. The van der Waals surface area contributed by atoms with Gasteiger partial charge in [0.15, 0.2) is 11.2 Å². The lowest BCUT2D eigenvalue weighted by Crippen LogP contribution is -2.54. The predicted molar refractivity (Wildman–Crippen MR) is 116 cm³/mol. The molecule has 154 valence electrons. The fourth-order valence-corrected chi connectivity index (χ4v) is 3.32. The van der Waals surface area contributed by atoms with Crippen molar-refractivity contribution in [3.05, 3.63) is 64.7 Å². The molecule has 2 aromatic rings. The number of nitrogens with one attached hydrogen (secondary N) is 1. The van der Waals surface area contributed by atoms with Gasteiger partial charge in [-0.1, -0.05) is 18.2 Å². The van der Waals surface area contributed by atoms with E-state index in [0.29, 0.717) is 17.0 Å². The van der Waals surface area contributed by atoms with Crippen LogP contribution in [0.2, 0.25) is 0 Å². The number of carbonyl (C=O) groups excluding carboxylic acids is 2. The minimum absolute atomic E-state index is 0.0264. The summed E-state index contributed by atoms with van der Waals surface area (Å²) in [6, 6.07) is 12.0. The molecule has 1 aliphatic rings. The van der Waals surface area contributed by atoms with Crippen molar-refractivity contribution in [2.24, 2.45) is 0 Å². The molecule has 0 bridgehead atoms. The lowest BCUT2D eigenvalue weighted by molar-refractivity contribution is -0.144. The van der Waals surface area contributed by atoms with Crippen molar-refractivity contribution in [2.45, 2.75) is 26.9 Å². The average molecular weight is 424 g/mol. The first-order valence-electron chi connectivity index (χ1n) is 9.15. The number of hydrogen-bond acceptors (Lipinski definition) is 5. The van der Waals surface area contributed by atoms with E-state index < -0.39 is 23.9 Å². The quantitative estimate of drug-likeness (QED) is 0.435. The second-order valence-electron chi connectivity index (χ2n) is 6.97. The van der Waals surface area contributed by atoms with E-state index in [1.165, 1.54) is 17.9 Å². The molecule has 0 unspecified atom stereocenters. The molecule has 1 saturated heterocycles. The lowest BCUT2D eigenvalue weighted by Gasteiger charge is -2.29. The summed E-state index contributed by atoms with van der Waals surface area (Å²) in [5, 5.41) is 11.5. The van der Waals surface area contributed by atoms with Gasteiger partial charge in [-0.05, 0) is 80.0 Å². The summed E-state index contributed by atoms with van der Waals surface area (Å²) in [5.41, 5.74) is 3.04. The highest BCUT2D eigenvalue weighted by atomic mass is 32.1. The van der Waals surface area contributed by atoms with E-state index in [0.717, 1.165) is 11.1 Å². The molecule has 0 aromatic heterocycles. The highest BCUT2D eigenvalue weighted by molar-refractivity contribution is 7.80. The number of amides is 2. The predicted octanol–water partition coefficient (Wildman–Crippen LogP) is 2.99. The molecule has 1 heterocycles. The largest absolute Gasteiger partial charge is 0.479 e. The van der Waals surface area contributed by atoms with Crippen LogP contribution in [0.3, 0.4) is 0 Å². The molecule has 3 rings (SSSR count). The highest BCUT2D eigenvalue weighted by Crippen LogP contribution is 2.25. The summed E-state index contributed by atoms with van der Waals surface area (Å²) < 4.78 is 5.28. The third kappa shape index (κ3) is 4.55. The first-order chi connectivity index (χ1) is 14.2. The normalized spacial score (nSPS) is 16.4. The molecule has 0 spiro atoms. The van der Waals surface area contributed by atoms with Crippen LogP contribution in [0.4, 0.5) is 5.69 Å². The Hall–Kier alpha value is -3.52. The number of carboxylic acid groups (broad SMARTS) is 1. The topological polar surface area (TPSA) is 95.9 Å². The van der Waals surface area contributed by atoms with E-state index in [2.05, 4.69) is 5.32 Å².